The van der Waals surface area contributed by atoms with Gasteiger partial charge in [0, 0.05) is 24.2 Å². The number of rotatable bonds is 6. The number of alkyl halides is 2. The minimum Gasteiger partial charge on any atom is -0.395 e. The number of para-hydroxylation sites is 1. The van der Waals surface area contributed by atoms with Gasteiger partial charge in [0.05, 0.1) is 10.7 Å². The van der Waals surface area contributed by atoms with Crippen molar-refractivity contribution < 1.29 is 23.0 Å². The first kappa shape index (κ1) is 22.8. The van der Waals surface area contributed by atoms with Crippen molar-refractivity contribution in [3.05, 3.63) is 88.7 Å². The van der Waals surface area contributed by atoms with Crippen LogP contribution in [0, 0.1) is 0 Å². The molecule has 9 heteroatoms. The number of carbonyl (C=O) groups excluding carboxylic acids is 1. The predicted octanol–water partition coefficient (Wildman–Crippen LogP) is 5.25. The molecule has 4 rings (SSSR count). The largest absolute Gasteiger partial charge is 0.586 e. The van der Waals surface area contributed by atoms with Gasteiger partial charge in [-0.1, -0.05) is 54.1 Å². The maximum atomic E-state index is 14.0. The monoisotopic (exact) mass is 473 g/mol. The number of halogens is 3. The van der Waals surface area contributed by atoms with Crippen molar-refractivity contribution in [1.29, 1.82) is 0 Å². The number of ether oxygens (including phenoxy) is 2. The minimum absolute atomic E-state index is 0.130. The van der Waals surface area contributed by atoms with E-state index in [1.54, 1.807) is 24.3 Å². The molecule has 0 radical (unpaired) electrons. The number of amides is 2. The maximum Gasteiger partial charge on any atom is 0.586 e. The number of aromatic nitrogens is 1. The summed E-state index contributed by atoms with van der Waals surface area (Å²) in [6, 6.07) is 16.5. The van der Waals surface area contributed by atoms with Crippen LogP contribution in [0.25, 0.3) is 0 Å². The van der Waals surface area contributed by atoms with E-state index in [0.717, 1.165) is 5.56 Å². The van der Waals surface area contributed by atoms with Crippen LogP contribution < -0.4 is 20.1 Å². The molecule has 3 aromatic rings. The summed E-state index contributed by atoms with van der Waals surface area (Å²) in [5, 5.41) is 6.17. The summed E-state index contributed by atoms with van der Waals surface area (Å²) < 4.78 is 37.7. The van der Waals surface area contributed by atoms with Crippen LogP contribution in [0.3, 0.4) is 0 Å². The van der Waals surface area contributed by atoms with Gasteiger partial charge in [-0.05, 0) is 37.6 Å². The van der Waals surface area contributed by atoms with Crippen LogP contribution in [-0.4, -0.2) is 23.4 Å². The number of urea groups is 1. The lowest BCUT2D eigenvalue weighted by atomic mass is 9.80. The van der Waals surface area contributed by atoms with Gasteiger partial charge < -0.3 is 20.1 Å². The van der Waals surface area contributed by atoms with Gasteiger partial charge in [0.1, 0.15) is 5.54 Å². The lowest BCUT2D eigenvalue weighted by Gasteiger charge is -2.36. The van der Waals surface area contributed by atoms with E-state index in [9.17, 15) is 13.6 Å². The van der Waals surface area contributed by atoms with Crippen molar-refractivity contribution in [3.8, 4) is 11.5 Å². The number of carbonyl (C=O) groups is 1. The van der Waals surface area contributed by atoms with E-state index in [1.165, 1.54) is 12.3 Å². The molecule has 1 atom stereocenters. The highest BCUT2D eigenvalue weighted by atomic mass is 35.5. The van der Waals surface area contributed by atoms with Gasteiger partial charge in [0.15, 0.2) is 11.5 Å². The van der Waals surface area contributed by atoms with Crippen molar-refractivity contribution >= 4 is 17.6 Å². The van der Waals surface area contributed by atoms with Gasteiger partial charge in [-0.3, -0.25) is 4.98 Å². The molecule has 0 saturated heterocycles. The second kappa shape index (κ2) is 8.86. The summed E-state index contributed by atoms with van der Waals surface area (Å²) in [5.41, 5.74) is 0.110. The molecule has 33 heavy (non-hydrogen) atoms. The average molecular weight is 474 g/mol. The molecule has 0 aliphatic carbocycles. The third kappa shape index (κ3) is 4.85. The quantitative estimate of drug-likeness (QED) is 0.513. The Morgan fingerprint density at radius 3 is 2.52 bits per heavy atom. The molecule has 0 saturated carbocycles. The van der Waals surface area contributed by atoms with E-state index in [4.69, 9.17) is 16.3 Å². The minimum atomic E-state index is -3.83. The number of nitrogens with zero attached hydrogens (tertiary/aromatic N) is 1. The molecule has 2 aromatic carbocycles. The fourth-order valence-electron chi connectivity index (χ4n) is 3.83. The Morgan fingerprint density at radius 2 is 1.85 bits per heavy atom. The van der Waals surface area contributed by atoms with E-state index in [-0.39, 0.29) is 29.5 Å². The van der Waals surface area contributed by atoms with Crippen molar-refractivity contribution in [2.45, 2.75) is 38.1 Å². The van der Waals surface area contributed by atoms with E-state index >= 15 is 0 Å². The first-order chi connectivity index (χ1) is 15.7. The van der Waals surface area contributed by atoms with Crippen LogP contribution in [0.2, 0.25) is 5.02 Å². The topological polar surface area (TPSA) is 72.5 Å². The number of hydrogen-bond acceptors (Lipinski definition) is 4. The molecular formula is C24H22ClF2N3O3. The molecule has 6 nitrogen and oxygen atoms in total. The Bertz CT molecular complexity index is 1140. The summed E-state index contributed by atoms with van der Waals surface area (Å²) >= 11 is 6.07. The van der Waals surface area contributed by atoms with Crippen LogP contribution in [0.1, 0.15) is 30.7 Å². The van der Waals surface area contributed by atoms with Crippen molar-refractivity contribution in [2.24, 2.45) is 0 Å². The third-order valence-electron chi connectivity index (χ3n) is 5.11. The third-order valence-corrected chi connectivity index (χ3v) is 5.34. The Labute approximate surface area is 194 Å². The summed E-state index contributed by atoms with van der Waals surface area (Å²) in [4.78, 5) is 17.5. The molecule has 0 spiro atoms. The van der Waals surface area contributed by atoms with Gasteiger partial charge >= 0.3 is 12.3 Å². The fraction of sp³-hybridized carbons (Fsp3) is 0.250. The number of hydrogen-bond donors (Lipinski definition) is 2. The first-order valence-electron chi connectivity index (χ1n) is 10.3. The van der Waals surface area contributed by atoms with Gasteiger partial charge in [0.2, 0.25) is 0 Å². The molecule has 2 amide bonds. The second-order valence-corrected chi connectivity index (χ2v) is 8.42. The zero-order valence-electron chi connectivity index (χ0n) is 17.9. The van der Waals surface area contributed by atoms with Crippen LogP contribution in [-0.2, 0) is 12.0 Å². The van der Waals surface area contributed by atoms with E-state index in [0.29, 0.717) is 10.7 Å². The number of benzene rings is 2. The summed E-state index contributed by atoms with van der Waals surface area (Å²) in [7, 11) is 0. The normalized spacial score (nSPS) is 15.7. The number of pyridine rings is 1. The second-order valence-electron chi connectivity index (χ2n) is 7.98. The molecule has 1 aliphatic heterocycles. The van der Waals surface area contributed by atoms with Crippen molar-refractivity contribution in [3.63, 3.8) is 0 Å². The molecule has 172 valence electrons. The highest BCUT2D eigenvalue weighted by molar-refractivity contribution is 6.30. The summed E-state index contributed by atoms with van der Waals surface area (Å²) in [6.45, 7) is 3.63. The van der Waals surface area contributed by atoms with Crippen LogP contribution in [0.4, 0.5) is 13.6 Å². The Hall–Kier alpha value is -3.39. The molecular weight excluding hydrogens is 452 g/mol. The zero-order chi connectivity index (χ0) is 23.6. The van der Waals surface area contributed by atoms with Gasteiger partial charge in [-0.2, -0.15) is 0 Å². The van der Waals surface area contributed by atoms with E-state index in [2.05, 4.69) is 20.4 Å². The summed E-state index contributed by atoms with van der Waals surface area (Å²) in [6.07, 6.45) is -2.20. The smallest absolute Gasteiger partial charge is 0.395 e. The zero-order valence-corrected chi connectivity index (χ0v) is 18.7. The van der Waals surface area contributed by atoms with Crippen LogP contribution in [0.5, 0.6) is 11.5 Å². The Kier molecular flexibility index (Phi) is 6.12. The number of fused-ring (bicyclic) bond motifs is 1. The summed E-state index contributed by atoms with van der Waals surface area (Å²) in [5.74, 6) is -0.296. The highest BCUT2D eigenvalue weighted by Gasteiger charge is 2.49. The lowest BCUT2D eigenvalue weighted by molar-refractivity contribution is -0.287. The van der Waals surface area contributed by atoms with Crippen LogP contribution in [0.15, 0.2) is 66.9 Å². The van der Waals surface area contributed by atoms with Crippen molar-refractivity contribution in [2.75, 3.05) is 0 Å². The average Bonchev–Trinajstić information content (AvgIpc) is 3.07. The molecule has 2 N–H and O–H groups in total. The molecule has 1 aliphatic rings. The van der Waals surface area contributed by atoms with E-state index in [1.807, 2.05) is 44.2 Å². The van der Waals surface area contributed by atoms with Crippen molar-refractivity contribution in [1.82, 2.24) is 15.6 Å². The highest BCUT2D eigenvalue weighted by Crippen LogP contribution is 2.48. The Morgan fingerprint density at radius 1 is 1.09 bits per heavy atom. The molecule has 0 fully saturated rings. The molecule has 2 heterocycles. The van der Waals surface area contributed by atoms with Gasteiger partial charge in [-0.25, -0.2) is 4.79 Å². The predicted molar refractivity (Wildman–Crippen MR) is 120 cm³/mol. The Balaban J connectivity index is 1.95. The molecule has 0 unspecified atom stereocenters. The fourth-order valence-corrected chi connectivity index (χ4v) is 3.94. The first-order valence-corrected chi connectivity index (χ1v) is 10.7. The van der Waals surface area contributed by atoms with Gasteiger partial charge in [-0.15, -0.1) is 8.78 Å². The standard InChI is InChI=1S/C24H22ClF2N3O3/c1-15(2)29-22(31)30-23(13-16-7-4-3-5-8-16,20-12-11-17(25)14-28-20)18-9-6-10-19-21(18)33-24(26,27)32-19/h3-12,14-15H,13H2,1-2H3,(H2,29,30,31)/t23-/m1/s1. The van der Waals surface area contributed by atoms with Gasteiger partial charge in [0.25, 0.3) is 0 Å². The van der Waals surface area contributed by atoms with E-state index < -0.39 is 17.9 Å². The maximum absolute atomic E-state index is 14.0. The number of nitrogens with one attached hydrogen (secondary N) is 2. The lowest BCUT2D eigenvalue weighted by Crippen LogP contribution is -2.53. The molecule has 1 aromatic heterocycles. The van der Waals surface area contributed by atoms with Crippen LogP contribution >= 0.6 is 11.6 Å². The SMILES string of the molecule is CC(C)NC(=O)N[C@@](Cc1ccccc1)(c1ccc(Cl)cn1)c1cccc2c1OC(F)(F)O2. The molecule has 0 bridgehead atoms.